The molecular weight excluding hydrogens is 284 g/mol. The summed E-state index contributed by atoms with van der Waals surface area (Å²) in [7, 11) is 0. The van der Waals surface area contributed by atoms with Crippen LogP contribution in [0.3, 0.4) is 0 Å². The lowest BCUT2D eigenvalue weighted by atomic mass is 10.00. The summed E-state index contributed by atoms with van der Waals surface area (Å²) in [4.78, 5) is 22.6. The second-order valence-electron chi connectivity index (χ2n) is 4.20. The van der Waals surface area contributed by atoms with Gasteiger partial charge in [0.15, 0.2) is 5.78 Å². The normalized spacial score (nSPS) is 13.6. The van der Waals surface area contributed by atoms with Gasteiger partial charge in [0.25, 0.3) is 0 Å². The fourth-order valence-corrected chi connectivity index (χ4v) is 1.82. The van der Waals surface area contributed by atoms with Gasteiger partial charge in [0.05, 0.1) is 25.0 Å². The third-order valence-corrected chi connectivity index (χ3v) is 2.98. The molecule has 0 aliphatic carbocycles. The van der Waals surface area contributed by atoms with Crippen LogP contribution in [0.15, 0.2) is 24.3 Å². The van der Waals surface area contributed by atoms with E-state index in [0.29, 0.717) is 11.1 Å². The highest BCUT2D eigenvalue weighted by molar-refractivity contribution is 6.30. The molecule has 0 amide bonds. The number of alkyl halides is 1. The molecule has 0 saturated heterocycles. The number of benzene rings is 1. The Morgan fingerprint density at radius 2 is 1.85 bits per heavy atom. The van der Waals surface area contributed by atoms with Crippen LogP contribution in [0.5, 0.6) is 0 Å². The number of aliphatic hydroxyl groups is 2. The van der Waals surface area contributed by atoms with Crippen molar-refractivity contribution in [3.05, 3.63) is 35.4 Å². The highest BCUT2D eigenvalue weighted by Gasteiger charge is 2.22. The Hall–Kier alpha value is -1.43. The summed E-state index contributed by atoms with van der Waals surface area (Å²) in [6.45, 7) is 1.88. The van der Waals surface area contributed by atoms with Crippen LogP contribution in [0.2, 0.25) is 0 Å². The third kappa shape index (κ3) is 4.59. The van der Waals surface area contributed by atoms with Crippen molar-refractivity contribution in [2.75, 3.05) is 12.5 Å². The van der Waals surface area contributed by atoms with Crippen molar-refractivity contribution >= 4 is 23.4 Å². The molecule has 20 heavy (non-hydrogen) atoms. The number of esters is 1. The number of aliphatic hydroxyl groups excluding tert-OH is 2. The minimum Gasteiger partial charge on any atom is -0.466 e. The summed E-state index contributed by atoms with van der Waals surface area (Å²) >= 11 is 5.44. The van der Waals surface area contributed by atoms with E-state index in [-0.39, 0.29) is 24.7 Å². The van der Waals surface area contributed by atoms with E-state index in [4.69, 9.17) is 16.3 Å². The molecule has 0 aliphatic heterocycles. The number of carbonyl (C=O) groups excluding carboxylic acids is 2. The fraction of sp³-hybridized carbons (Fsp3) is 0.429. The molecule has 2 unspecified atom stereocenters. The Kier molecular flexibility index (Phi) is 6.64. The number of carbonyl (C=O) groups is 2. The second kappa shape index (κ2) is 7.99. The number of ketones is 1. The molecule has 6 heteroatoms. The van der Waals surface area contributed by atoms with Crippen molar-refractivity contribution < 1.29 is 24.5 Å². The molecule has 5 nitrogen and oxygen atoms in total. The smallest absolute Gasteiger partial charge is 0.308 e. The van der Waals surface area contributed by atoms with Crippen LogP contribution in [0, 0.1) is 0 Å². The number of hydrogen-bond acceptors (Lipinski definition) is 5. The Balaban J connectivity index is 2.69. The first-order chi connectivity index (χ1) is 9.49. The summed E-state index contributed by atoms with van der Waals surface area (Å²) in [5.41, 5.74) is 0.837. The van der Waals surface area contributed by atoms with Crippen molar-refractivity contribution in [1.82, 2.24) is 0 Å². The quantitative estimate of drug-likeness (QED) is 0.452. The van der Waals surface area contributed by atoms with Gasteiger partial charge in [0.1, 0.15) is 6.10 Å². The molecular formula is C14H17ClO5. The molecule has 0 fully saturated rings. The predicted octanol–water partition coefficient (Wildman–Crippen LogP) is 1.46. The number of ether oxygens (including phenoxy) is 1. The zero-order valence-corrected chi connectivity index (χ0v) is 11.8. The molecule has 0 saturated carbocycles. The average molecular weight is 301 g/mol. The van der Waals surface area contributed by atoms with E-state index in [1.807, 2.05) is 0 Å². The predicted molar refractivity (Wildman–Crippen MR) is 73.7 cm³/mol. The standard InChI is InChI=1S/C14H17ClO5/c1-2-20-13(18)7-11(16)14(19)10-5-3-9(4-6-10)12(17)8-15/h3-6,11,14,16,19H,2,7-8H2,1H3. The van der Waals surface area contributed by atoms with Gasteiger partial charge in [-0.3, -0.25) is 9.59 Å². The number of rotatable bonds is 7. The lowest BCUT2D eigenvalue weighted by Gasteiger charge is -2.17. The van der Waals surface area contributed by atoms with Crippen molar-refractivity contribution in [2.24, 2.45) is 0 Å². The molecule has 0 radical (unpaired) electrons. The molecule has 1 aromatic carbocycles. The van der Waals surface area contributed by atoms with Crippen LogP contribution in [0.25, 0.3) is 0 Å². The van der Waals surface area contributed by atoms with Crippen LogP contribution >= 0.6 is 11.6 Å². The highest BCUT2D eigenvalue weighted by Crippen LogP contribution is 2.20. The van der Waals surface area contributed by atoms with Crippen LogP contribution in [-0.2, 0) is 9.53 Å². The van der Waals surface area contributed by atoms with Gasteiger partial charge in [0, 0.05) is 5.56 Å². The molecule has 0 heterocycles. The highest BCUT2D eigenvalue weighted by atomic mass is 35.5. The molecule has 0 aromatic heterocycles. The number of Topliss-reactive ketones (excluding diaryl/α,β-unsaturated/α-hetero) is 1. The van der Waals surface area contributed by atoms with Gasteiger partial charge >= 0.3 is 5.97 Å². The maximum Gasteiger partial charge on any atom is 0.308 e. The third-order valence-electron chi connectivity index (χ3n) is 2.74. The fourth-order valence-electron chi connectivity index (χ4n) is 1.67. The Labute approximate surface area is 122 Å². The van der Waals surface area contributed by atoms with Gasteiger partial charge in [0.2, 0.25) is 0 Å². The molecule has 0 aliphatic rings. The van der Waals surface area contributed by atoms with Crippen molar-refractivity contribution in [3.63, 3.8) is 0 Å². The van der Waals surface area contributed by atoms with E-state index < -0.39 is 18.2 Å². The van der Waals surface area contributed by atoms with E-state index in [1.165, 1.54) is 24.3 Å². The maximum atomic E-state index is 11.3. The monoisotopic (exact) mass is 300 g/mol. The van der Waals surface area contributed by atoms with Gasteiger partial charge in [-0.2, -0.15) is 0 Å². The van der Waals surface area contributed by atoms with Crippen molar-refractivity contribution in [3.8, 4) is 0 Å². The number of halogens is 1. The lowest BCUT2D eigenvalue weighted by Crippen LogP contribution is -2.23. The zero-order chi connectivity index (χ0) is 15.1. The molecule has 110 valence electrons. The van der Waals surface area contributed by atoms with Gasteiger partial charge < -0.3 is 14.9 Å². The van der Waals surface area contributed by atoms with Crippen molar-refractivity contribution in [2.45, 2.75) is 25.6 Å². The molecule has 1 aromatic rings. The Morgan fingerprint density at radius 3 is 2.35 bits per heavy atom. The first kappa shape index (κ1) is 16.6. The summed E-state index contributed by atoms with van der Waals surface area (Å²) in [5.74, 6) is -0.916. The van der Waals surface area contributed by atoms with Gasteiger partial charge in [-0.25, -0.2) is 0 Å². The van der Waals surface area contributed by atoms with E-state index >= 15 is 0 Å². The Bertz CT molecular complexity index is 457. The largest absolute Gasteiger partial charge is 0.466 e. The van der Waals surface area contributed by atoms with E-state index in [0.717, 1.165) is 0 Å². The summed E-state index contributed by atoms with van der Waals surface area (Å²) in [6, 6.07) is 6.05. The maximum absolute atomic E-state index is 11.3. The van der Waals surface area contributed by atoms with E-state index in [2.05, 4.69) is 0 Å². The Morgan fingerprint density at radius 1 is 1.25 bits per heavy atom. The first-order valence-corrected chi connectivity index (χ1v) is 6.74. The summed E-state index contributed by atoms with van der Waals surface area (Å²) < 4.78 is 4.69. The lowest BCUT2D eigenvalue weighted by molar-refractivity contribution is -0.147. The average Bonchev–Trinajstić information content (AvgIpc) is 2.46. The van der Waals surface area contributed by atoms with Gasteiger partial charge in [-0.15, -0.1) is 11.6 Å². The van der Waals surface area contributed by atoms with E-state index in [9.17, 15) is 19.8 Å². The van der Waals surface area contributed by atoms with Crippen molar-refractivity contribution in [1.29, 1.82) is 0 Å². The van der Waals surface area contributed by atoms with Crippen LogP contribution in [-0.4, -0.2) is 40.6 Å². The first-order valence-electron chi connectivity index (χ1n) is 6.20. The van der Waals surface area contributed by atoms with Gasteiger partial charge in [-0.1, -0.05) is 24.3 Å². The SMILES string of the molecule is CCOC(=O)CC(O)C(O)c1ccc(C(=O)CCl)cc1. The minimum absolute atomic E-state index is 0.118. The van der Waals surface area contributed by atoms with E-state index in [1.54, 1.807) is 6.92 Å². The molecule has 0 bridgehead atoms. The zero-order valence-electron chi connectivity index (χ0n) is 11.1. The summed E-state index contributed by atoms with van der Waals surface area (Å²) in [5, 5.41) is 19.7. The topological polar surface area (TPSA) is 83.8 Å². The molecule has 2 atom stereocenters. The molecule has 1 rings (SSSR count). The minimum atomic E-state index is -1.26. The number of hydrogen-bond donors (Lipinski definition) is 2. The van der Waals surface area contributed by atoms with Crippen LogP contribution in [0.4, 0.5) is 0 Å². The molecule has 2 N–H and O–H groups in total. The van der Waals surface area contributed by atoms with Crippen LogP contribution < -0.4 is 0 Å². The summed E-state index contributed by atoms with van der Waals surface area (Å²) in [6.07, 6.45) is -2.78. The molecule has 0 spiro atoms. The van der Waals surface area contributed by atoms with Crippen LogP contribution in [0.1, 0.15) is 35.4 Å². The second-order valence-corrected chi connectivity index (χ2v) is 4.47. The van der Waals surface area contributed by atoms with Gasteiger partial charge in [-0.05, 0) is 12.5 Å².